The lowest BCUT2D eigenvalue weighted by molar-refractivity contribution is -0.120. The summed E-state index contributed by atoms with van der Waals surface area (Å²) in [5, 5.41) is 5.44. The fraction of sp³-hybridized carbons (Fsp3) is 0.148. The topological polar surface area (TPSA) is 78.5 Å². The molecule has 0 radical (unpaired) electrons. The SMILES string of the molecule is CCCCc1ccc(NC(=O)c2ccc(NC3=C(Cl)C(=O)N(c4ccc(F)cc4)C3=O)cc2)cc1. The fourth-order valence-corrected chi connectivity index (χ4v) is 3.84. The summed E-state index contributed by atoms with van der Waals surface area (Å²) in [4.78, 5) is 38.8. The molecule has 1 aliphatic heterocycles. The van der Waals surface area contributed by atoms with Crippen molar-refractivity contribution in [2.24, 2.45) is 0 Å². The molecule has 3 aromatic carbocycles. The highest BCUT2D eigenvalue weighted by molar-refractivity contribution is 6.53. The van der Waals surface area contributed by atoms with E-state index >= 15 is 0 Å². The van der Waals surface area contributed by atoms with Crippen molar-refractivity contribution in [3.8, 4) is 0 Å². The lowest BCUT2D eigenvalue weighted by Crippen LogP contribution is -2.32. The summed E-state index contributed by atoms with van der Waals surface area (Å²) in [7, 11) is 0. The minimum atomic E-state index is -0.706. The van der Waals surface area contributed by atoms with E-state index in [-0.39, 0.29) is 22.3 Å². The number of nitrogens with zero attached hydrogens (tertiary/aromatic N) is 1. The maximum atomic E-state index is 13.2. The normalized spacial score (nSPS) is 13.4. The number of unbranched alkanes of at least 4 members (excludes halogenated alkanes) is 1. The molecule has 0 saturated carbocycles. The van der Waals surface area contributed by atoms with Gasteiger partial charge in [0.25, 0.3) is 17.7 Å². The molecule has 0 aliphatic carbocycles. The zero-order valence-corrected chi connectivity index (χ0v) is 19.7. The number of halogens is 2. The van der Waals surface area contributed by atoms with Crippen molar-refractivity contribution >= 4 is 46.4 Å². The van der Waals surface area contributed by atoms with E-state index in [4.69, 9.17) is 11.6 Å². The number of imide groups is 1. The Morgan fingerprint density at radius 1 is 0.886 bits per heavy atom. The maximum absolute atomic E-state index is 13.2. The molecule has 1 heterocycles. The van der Waals surface area contributed by atoms with Crippen LogP contribution in [0.3, 0.4) is 0 Å². The van der Waals surface area contributed by atoms with Gasteiger partial charge in [-0.3, -0.25) is 14.4 Å². The van der Waals surface area contributed by atoms with Crippen LogP contribution in [-0.2, 0) is 16.0 Å². The van der Waals surface area contributed by atoms with Gasteiger partial charge in [-0.25, -0.2) is 9.29 Å². The number of amides is 3. The van der Waals surface area contributed by atoms with Crippen molar-refractivity contribution < 1.29 is 18.8 Å². The molecule has 0 bridgehead atoms. The van der Waals surface area contributed by atoms with Crippen molar-refractivity contribution in [1.29, 1.82) is 0 Å². The van der Waals surface area contributed by atoms with Gasteiger partial charge in [0.2, 0.25) is 0 Å². The van der Waals surface area contributed by atoms with E-state index in [9.17, 15) is 18.8 Å². The average Bonchev–Trinajstić information content (AvgIpc) is 3.07. The molecule has 3 aromatic rings. The molecule has 0 aromatic heterocycles. The van der Waals surface area contributed by atoms with E-state index in [2.05, 4.69) is 17.6 Å². The second-order valence-corrected chi connectivity index (χ2v) is 8.45. The van der Waals surface area contributed by atoms with Crippen LogP contribution >= 0.6 is 11.6 Å². The van der Waals surface area contributed by atoms with Gasteiger partial charge in [0.1, 0.15) is 16.5 Å². The third-order valence-electron chi connectivity index (χ3n) is 5.56. The molecule has 178 valence electrons. The summed E-state index contributed by atoms with van der Waals surface area (Å²) in [5.41, 5.74) is 2.93. The first-order chi connectivity index (χ1) is 16.9. The molecule has 8 heteroatoms. The van der Waals surface area contributed by atoms with Crippen LogP contribution in [0.5, 0.6) is 0 Å². The lowest BCUT2D eigenvalue weighted by Gasteiger charge is -2.15. The zero-order valence-electron chi connectivity index (χ0n) is 19.0. The van der Waals surface area contributed by atoms with Gasteiger partial charge in [0.15, 0.2) is 0 Å². The Bertz CT molecular complexity index is 1290. The van der Waals surface area contributed by atoms with Gasteiger partial charge in [-0.05, 0) is 79.1 Å². The zero-order chi connectivity index (χ0) is 24.9. The van der Waals surface area contributed by atoms with Gasteiger partial charge in [-0.2, -0.15) is 0 Å². The van der Waals surface area contributed by atoms with Crippen LogP contribution in [0.25, 0.3) is 0 Å². The van der Waals surface area contributed by atoms with Gasteiger partial charge in [-0.1, -0.05) is 37.1 Å². The predicted molar refractivity (Wildman–Crippen MR) is 135 cm³/mol. The monoisotopic (exact) mass is 491 g/mol. The highest BCUT2D eigenvalue weighted by Gasteiger charge is 2.38. The molecule has 3 amide bonds. The molecule has 0 spiro atoms. The first-order valence-electron chi connectivity index (χ1n) is 11.2. The summed E-state index contributed by atoms with van der Waals surface area (Å²) >= 11 is 6.13. The first-order valence-corrected chi connectivity index (χ1v) is 11.6. The van der Waals surface area contributed by atoms with Gasteiger partial charge in [0, 0.05) is 16.9 Å². The van der Waals surface area contributed by atoms with Crippen LogP contribution in [0.1, 0.15) is 35.7 Å². The van der Waals surface area contributed by atoms with Gasteiger partial charge < -0.3 is 10.6 Å². The van der Waals surface area contributed by atoms with Crippen molar-refractivity contribution in [2.45, 2.75) is 26.2 Å². The summed E-state index contributed by atoms with van der Waals surface area (Å²) in [6, 6.07) is 19.1. The maximum Gasteiger partial charge on any atom is 0.283 e. The largest absolute Gasteiger partial charge is 0.350 e. The van der Waals surface area contributed by atoms with Crippen LogP contribution in [-0.4, -0.2) is 17.7 Å². The summed E-state index contributed by atoms with van der Waals surface area (Å²) in [5.74, 6) is -2.12. The van der Waals surface area contributed by atoms with Crippen LogP contribution in [0.15, 0.2) is 83.5 Å². The number of rotatable bonds is 8. The standard InChI is InChI=1S/C27H23ClFN3O3/c1-2-3-4-17-5-11-21(12-6-17)31-25(33)18-7-13-20(14-8-18)30-24-23(28)26(34)32(27(24)35)22-15-9-19(29)10-16-22/h5-16,30H,2-4H2,1H3,(H,31,33). The second kappa shape index (κ2) is 10.5. The van der Waals surface area contributed by atoms with Crippen molar-refractivity contribution in [2.75, 3.05) is 15.5 Å². The number of anilines is 3. The highest BCUT2D eigenvalue weighted by atomic mass is 35.5. The number of nitrogens with one attached hydrogen (secondary N) is 2. The van der Waals surface area contributed by atoms with Crippen LogP contribution in [0, 0.1) is 5.82 Å². The van der Waals surface area contributed by atoms with E-state index in [0.29, 0.717) is 16.9 Å². The third-order valence-corrected chi connectivity index (χ3v) is 5.91. The van der Waals surface area contributed by atoms with Crippen molar-refractivity contribution in [3.63, 3.8) is 0 Å². The fourth-order valence-electron chi connectivity index (χ4n) is 3.62. The first kappa shape index (κ1) is 24.2. The Balaban J connectivity index is 1.41. The molecule has 4 rings (SSSR count). The molecule has 2 N–H and O–H groups in total. The molecular weight excluding hydrogens is 469 g/mol. The molecular formula is C27H23ClFN3O3. The van der Waals surface area contributed by atoms with Crippen LogP contribution in [0.4, 0.5) is 21.5 Å². The Morgan fingerprint density at radius 3 is 2.14 bits per heavy atom. The number of carbonyl (C=O) groups excluding carboxylic acids is 3. The van der Waals surface area contributed by atoms with Crippen LogP contribution in [0.2, 0.25) is 0 Å². The quantitative estimate of drug-likeness (QED) is 0.387. The molecule has 1 aliphatic rings. The smallest absolute Gasteiger partial charge is 0.283 e. The number of aryl methyl sites for hydroxylation is 1. The summed E-state index contributed by atoms with van der Waals surface area (Å²) in [6.07, 6.45) is 3.26. The Morgan fingerprint density at radius 2 is 1.51 bits per heavy atom. The summed E-state index contributed by atoms with van der Waals surface area (Å²) < 4.78 is 13.2. The van der Waals surface area contributed by atoms with E-state index < -0.39 is 17.6 Å². The van der Waals surface area contributed by atoms with Gasteiger partial charge in [-0.15, -0.1) is 0 Å². The van der Waals surface area contributed by atoms with Crippen LogP contribution < -0.4 is 15.5 Å². The molecule has 35 heavy (non-hydrogen) atoms. The predicted octanol–water partition coefficient (Wildman–Crippen LogP) is 5.86. The summed E-state index contributed by atoms with van der Waals surface area (Å²) in [6.45, 7) is 2.15. The average molecular weight is 492 g/mol. The minimum Gasteiger partial charge on any atom is -0.350 e. The van der Waals surface area contributed by atoms with Gasteiger partial charge >= 0.3 is 0 Å². The second-order valence-electron chi connectivity index (χ2n) is 8.07. The van der Waals surface area contributed by atoms with Gasteiger partial charge in [0.05, 0.1) is 5.69 Å². The number of hydrogen-bond donors (Lipinski definition) is 2. The van der Waals surface area contributed by atoms with E-state index in [0.717, 1.165) is 36.3 Å². The molecule has 0 fully saturated rings. The Kier molecular flexibility index (Phi) is 7.27. The molecule has 0 saturated heterocycles. The lowest BCUT2D eigenvalue weighted by atomic mass is 10.1. The molecule has 6 nitrogen and oxygen atoms in total. The van der Waals surface area contributed by atoms with Crippen molar-refractivity contribution in [3.05, 3.63) is 100 Å². The Hall–Kier alpha value is -3.97. The number of carbonyl (C=O) groups is 3. The Labute approximate surface area is 207 Å². The third kappa shape index (κ3) is 5.41. The van der Waals surface area contributed by atoms with E-state index in [1.165, 1.54) is 17.7 Å². The molecule has 0 unspecified atom stereocenters. The van der Waals surface area contributed by atoms with E-state index in [1.54, 1.807) is 24.3 Å². The van der Waals surface area contributed by atoms with Crippen molar-refractivity contribution in [1.82, 2.24) is 0 Å². The molecule has 0 atom stereocenters. The minimum absolute atomic E-state index is 0.0960. The number of benzene rings is 3. The number of hydrogen-bond acceptors (Lipinski definition) is 4. The van der Waals surface area contributed by atoms with E-state index in [1.807, 2.05) is 24.3 Å². The highest BCUT2D eigenvalue weighted by Crippen LogP contribution is 2.30.